The van der Waals surface area contributed by atoms with Crippen molar-refractivity contribution in [1.82, 2.24) is 14.9 Å². The molecule has 0 spiro atoms. The Morgan fingerprint density at radius 3 is 2.61 bits per heavy atom. The number of nitrogens with one attached hydrogen (secondary N) is 1. The van der Waals surface area contributed by atoms with Crippen LogP contribution in [0.3, 0.4) is 0 Å². The summed E-state index contributed by atoms with van der Waals surface area (Å²) in [6.07, 6.45) is 2.80. The zero-order valence-corrected chi connectivity index (χ0v) is 20.6. The molecule has 0 atom stereocenters. The van der Waals surface area contributed by atoms with E-state index >= 15 is 0 Å². The fourth-order valence-corrected chi connectivity index (χ4v) is 2.98. The van der Waals surface area contributed by atoms with E-state index in [2.05, 4.69) is 20.3 Å². The van der Waals surface area contributed by atoms with Gasteiger partial charge in [0.2, 0.25) is 5.82 Å². The average Bonchev–Trinajstić information content (AvgIpc) is 3.23. The van der Waals surface area contributed by atoms with Gasteiger partial charge in [0, 0.05) is 31.3 Å². The Kier molecular flexibility index (Phi) is 10.3. The fraction of sp³-hybridized carbons (Fsp3) is 0.333. The van der Waals surface area contributed by atoms with Crippen LogP contribution in [-0.2, 0) is 27.1 Å². The molecule has 0 aliphatic carbocycles. The second-order valence-corrected chi connectivity index (χ2v) is 7.20. The number of imidazole rings is 1. The number of benzene rings is 1. The highest BCUT2D eigenvalue weighted by Crippen LogP contribution is 2.32. The second-order valence-electron chi connectivity index (χ2n) is 7.20. The van der Waals surface area contributed by atoms with Crippen LogP contribution in [0.1, 0.15) is 19.2 Å². The number of rotatable bonds is 10. The van der Waals surface area contributed by atoms with Crippen LogP contribution in [0.4, 0.5) is 13.2 Å². The number of nitrogens with zero attached hydrogens (tertiary/aromatic N) is 4. The molecule has 0 fully saturated rings. The lowest BCUT2D eigenvalue weighted by Crippen LogP contribution is -2.31. The largest absolute Gasteiger partial charge is 0.504 e. The van der Waals surface area contributed by atoms with Gasteiger partial charge in [-0.2, -0.15) is 13.2 Å². The third-order valence-corrected chi connectivity index (χ3v) is 4.81. The van der Waals surface area contributed by atoms with E-state index in [1.807, 2.05) is 0 Å². The molecule has 1 aromatic heterocycles. The molecule has 1 N–H and O–H groups in total. The van der Waals surface area contributed by atoms with E-state index in [-0.39, 0.29) is 35.5 Å². The molecule has 2 aromatic rings. The molecule has 12 heteroatoms. The molecule has 0 aliphatic rings. The number of halogens is 3. The lowest BCUT2D eigenvalue weighted by atomic mass is 10.2. The maximum Gasteiger partial charge on any atom is 0.449 e. The average molecular weight is 508 g/mol. The van der Waals surface area contributed by atoms with Crippen LogP contribution in [-0.4, -0.2) is 55.9 Å². The third-order valence-electron chi connectivity index (χ3n) is 4.81. The summed E-state index contributed by atoms with van der Waals surface area (Å²) in [4.78, 5) is 24.5. The van der Waals surface area contributed by atoms with Crippen molar-refractivity contribution >= 4 is 29.0 Å². The van der Waals surface area contributed by atoms with E-state index in [4.69, 9.17) is 14.2 Å². The number of fused-ring (bicyclic) bond motifs is 1. The van der Waals surface area contributed by atoms with Gasteiger partial charge in [-0.25, -0.2) is 4.98 Å². The number of methoxy groups -OCH3 is 3. The number of carbonyl (C=O) groups is 1. The van der Waals surface area contributed by atoms with Gasteiger partial charge in [-0.1, -0.05) is 0 Å². The summed E-state index contributed by atoms with van der Waals surface area (Å²) in [5.41, 5.74) is 0.675. The normalized spacial score (nSPS) is 13.6. The number of alkyl halides is 3. The number of aromatic nitrogens is 2. The molecule has 194 valence electrons. The molecule has 1 aromatic carbocycles. The van der Waals surface area contributed by atoms with Crippen molar-refractivity contribution in [2.75, 3.05) is 28.4 Å². The Morgan fingerprint density at radius 1 is 1.25 bits per heavy atom. The maximum absolute atomic E-state index is 13.5. The van der Waals surface area contributed by atoms with Gasteiger partial charge in [0.05, 0.1) is 44.4 Å². The van der Waals surface area contributed by atoms with Crippen molar-refractivity contribution in [2.45, 2.75) is 26.2 Å². The maximum atomic E-state index is 13.5. The number of carbonyl (C=O) groups excluding carboxylic acids is 1. The molecular weight excluding hydrogens is 479 g/mol. The Morgan fingerprint density at radius 2 is 2.00 bits per heavy atom. The number of amidine groups is 1. The van der Waals surface area contributed by atoms with E-state index < -0.39 is 17.9 Å². The molecule has 0 aliphatic heterocycles. The van der Waals surface area contributed by atoms with E-state index in [1.165, 1.54) is 65.1 Å². The summed E-state index contributed by atoms with van der Waals surface area (Å²) in [6.45, 7) is 1.36. The summed E-state index contributed by atoms with van der Waals surface area (Å²) in [7, 11) is 5.85. The highest BCUT2D eigenvalue weighted by molar-refractivity contribution is 6.10. The van der Waals surface area contributed by atoms with E-state index in [1.54, 1.807) is 19.1 Å². The molecule has 2 rings (SSSR count). The summed E-state index contributed by atoms with van der Waals surface area (Å²) >= 11 is 0. The van der Waals surface area contributed by atoms with Gasteiger partial charge < -0.3 is 24.1 Å². The molecule has 0 unspecified atom stereocenters. The number of hydrogen-bond donors (Lipinski definition) is 1. The molecule has 1 amide bonds. The molecule has 9 nitrogen and oxygen atoms in total. The number of allylic oxidation sites excluding steroid dienone is 3. The number of amides is 1. The van der Waals surface area contributed by atoms with Gasteiger partial charge >= 0.3 is 6.18 Å². The predicted molar refractivity (Wildman–Crippen MR) is 131 cm³/mol. The number of ether oxygens (including phenoxy) is 3. The first-order valence-corrected chi connectivity index (χ1v) is 10.6. The minimum Gasteiger partial charge on any atom is -0.504 e. The third kappa shape index (κ3) is 7.72. The Balaban J connectivity index is 2.17. The SMILES string of the molecule is CN=C(C/C=N\Cn1c(C(F)(F)F)nc2cc(OC)ccc21)NC(=O)C(/C=C(\C)OC)=C/C=C/OC. The predicted octanol–water partition coefficient (Wildman–Crippen LogP) is 4.26. The Labute approximate surface area is 206 Å². The van der Waals surface area contributed by atoms with Gasteiger partial charge in [0.1, 0.15) is 18.3 Å². The lowest BCUT2D eigenvalue weighted by molar-refractivity contribution is -0.146. The first kappa shape index (κ1) is 28.1. The highest BCUT2D eigenvalue weighted by atomic mass is 19.4. The second kappa shape index (κ2) is 13.1. The van der Waals surface area contributed by atoms with Crippen molar-refractivity contribution in [1.29, 1.82) is 0 Å². The minimum absolute atomic E-state index is 0.0816. The fourth-order valence-electron chi connectivity index (χ4n) is 2.98. The molecular formula is C24H28F3N5O4. The van der Waals surface area contributed by atoms with Gasteiger partial charge in [0.25, 0.3) is 5.91 Å². The molecule has 0 bridgehead atoms. The van der Waals surface area contributed by atoms with Crippen molar-refractivity contribution in [3.63, 3.8) is 0 Å². The molecule has 36 heavy (non-hydrogen) atoms. The van der Waals surface area contributed by atoms with Crippen LogP contribution in [0.2, 0.25) is 0 Å². The number of aliphatic imine (C=N–C) groups is 2. The highest BCUT2D eigenvalue weighted by Gasteiger charge is 2.37. The van der Waals surface area contributed by atoms with Crippen molar-refractivity contribution in [3.05, 3.63) is 59.8 Å². The van der Waals surface area contributed by atoms with Crippen molar-refractivity contribution < 1.29 is 32.2 Å². The van der Waals surface area contributed by atoms with E-state index in [0.29, 0.717) is 11.5 Å². The van der Waals surface area contributed by atoms with Gasteiger partial charge in [-0.05, 0) is 37.3 Å². The first-order chi connectivity index (χ1) is 17.1. The summed E-state index contributed by atoms with van der Waals surface area (Å²) in [5, 5.41) is 2.66. The quantitative estimate of drug-likeness (QED) is 0.170. The van der Waals surface area contributed by atoms with E-state index in [9.17, 15) is 18.0 Å². The van der Waals surface area contributed by atoms with Crippen LogP contribution in [0.5, 0.6) is 5.75 Å². The van der Waals surface area contributed by atoms with Gasteiger partial charge in [0.15, 0.2) is 0 Å². The van der Waals surface area contributed by atoms with Crippen LogP contribution in [0.25, 0.3) is 11.0 Å². The monoisotopic (exact) mass is 507 g/mol. The summed E-state index contributed by atoms with van der Waals surface area (Å²) in [5.74, 6) is -0.366. The zero-order valence-electron chi connectivity index (χ0n) is 20.6. The Hall–Kier alpha value is -4.09. The smallest absolute Gasteiger partial charge is 0.449 e. The molecule has 0 saturated carbocycles. The lowest BCUT2D eigenvalue weighted by Gasteiger charge is -2.10. The molecule has 0 radical (unpaired) electrons. The Bertz CT molecular complexity index is 1210. The molecule has 1 heterocycles. The summed E-state index contributed by atoms with van der Waals surface area (Å²) < 4.78 is 56.6. The molecule has 0 saturated heterocycles. The summed E-state index contributed by atoms with van der Waals surface area (Å²) in [6, 6.07) is 4.47. The van der Waals surface area contributed by atoms with E-state index in [0.717, 1.165) is 4.57 Å². The minimum atomic E-state index is -4.67. The van der Waals surface area contributed by atoms with Crippen LogP contribution >= 0.6 is 0 Å². The van der Waals surface area contributed by atoms with Gasteiger partial charge in [-0.3, -0.25) is 14.8 Å². The van der Waals surface area contributed by atoms with Crippen LogP contribution < -0.4 is 10.1 Å². The van der Waals surface area contributed by atoms with Gasteiger partial charge in [-0.15, -0.1) is 0 Å². The van der Waals surface area contributed by atoms with Crippen LogP contribution in [0, 0.1) is 0 Å². The zero-order chi connectivity index (χ0) is 26.7. The number of hydrogen-bond acceptors (Lipinski definition) is 7. The standard InChI is InChI=1S/C24H28F3N5O4/c1-16(35-4)13-17(7-6-12-34-3)22(33)31-21(28-2)10-11-29-15-32-20-9-8-18(36-5)14-19(20)30-23(32)24(25,26)27/h6-9,11-14H,10,15H2,1-5H3,(H,28,31,33)/b12-6+,16-13+,17-7+,29-11-. The first-order valence-electron chi connectivity index (χ1n) is 10.6. The van der Waals surface area contributed by atoms with Crippen molar-refractivity contribution in [3.8, 4) is 5.75 Å². The topological polar surface area (TPSA) is 99.3 Å². The van der Waals surface area contributed by atoms with Crippen LogP contribution in [0.15, 0.2) is 64.0 Å². The van der Waals surface area contributed by atoms with Crippen molar-refractivity contribution in [2.24, 2.45) is 9.98 Å².